The van der Waals surface area contributed by atoms with Crippen LogP contribution in [0.1, 0.15) is 46.0 Å². The van der Waals surface area contributed by atoms with Gasteiger partial charge in [-0.1, -0.05) is 13.3 Å². The molecule has 18 heavy (non-hydrogen) atoms. The molecule has 1 saturated heterocycles. The number of likely N-dealkylation sites (tertiary alicyclic amines) is 1. The number of nitrogens with zero attached hydrogens (tertiary/aromatic N) is 2. The fourth-order valence-electron chi connectivity index (χ4n) is 3.66. The molecule has 3 heteroatoms. The largest absolute Gasteiger partial charge is 0.329 e. The van der Waals surface area contributed by atoms with E-state index < -0.39 is 0 Å². The molecule has 2 aliphatic rings. The summed E-state index contributed by atoms with van der Waals surface area (Å²) in [5, 5.41) is 0. The van der Waals surface area contributed by atoms with E-state index in [2.05, 4.69) is 30.7 Å². The summed E-state index contributed by atoms with van der Waals surface area (Å²) in [6.07, 6.45) is 6.79. The topological polar surface area (TPSA) is 32.5 Å². The minimum Gasteiger partial charge on any atom is -0.329 e. The summed E-state index contributed by atoms with van der Waals surface area (Å²) in [5.41, 5.74) is 6.47. The molecule has 0 aromatic rings. The first-order chi connectivity index (χ1) is 8.61. The molecule has 1 saturated carbocycles. The predicted octanol–water partition coefficient (Wildman–Crippen LogP) is 1.92. The Bertz CT molecular complexity index is 264. The van der Waals surface area contributed by atoms with E-state index in [1.54, 1.807) is 0 Å². The van der Waals surface area contributed by atoms with Crippen LogP contribution >= 0.6 is 0 Å². The lowest BCUT2D eigenvalue weighted by atomic mass is 9.79. The standard InChI is InChI=1S/C15H31N3/c1-4-18(11-14-6-5-7-14)15(12-16)8-9-17(3)13(2)10-15/h13-14H,4-12,16H2,1-3H3. The first kappa shape index (κ1) is 14.3. The van der Waals surface area contributed by atoms with E-state index in [0.717, 1.165) is 19.0 Å². The van der Waals surface area contributed by atoms with Gasteiger partial charge in [-0.2, -0.15) is 0 Å². The predicted molar refractivity (Wildman–Crippen MR) is 77.7 cm³/mol. The van der Waals surface area contributed by atoms with Gasteiger partial charge in [0.2, 0.25) is 0 Å². The van der Waals surface area contributed by atoms with Crippen LogP contribution in [-0.4, -0.2) is 54.6 Å². The fourth-order valence-corrected chi connectivity index (χ4v) is 3.66. The third-order valence-corrected chi connectivity index (χ3v) is 5.49. The molecule has 2 N–H and O–H groups in total. The van der Waals surface area contributed by atoms with Crippen LogP contribution < -0.4 is 5.73 Å². The Morgan fingerprint density at radius 1 is 1.39 bits per heavy atom. The molecule has 2 atom stereocenters. The highest BCUT2D eigenvalue weighted by Crippen LogP contribution is 2.35. The molecule has 0 bridgehead atoms. The molecule has 0 radical (unpaired) electrons. The second-order valence-electron chi connectivity index (χ2n) is 6.55. The molecular formula is C15H31N3. The van der Waals surface area contributed by atoms with Crippen molar-refractivity contribution < 1.29 is 0 Å². The van der Waals surface area contributed by atoms with Crippen molar-refractivity contribution in [1.29, 1.82) is 0 Å². The Morgan fingerprint density at radius 2 is 2.11 bits per heavy atom. The molecule has 1 aliphatic carbocycles. The van der Waals surface area contributed by atoms with Crippen LogP contribution in [0.25, 0.3) is 0 Å². The zero-order valence-electron chi connectivity index (χ0n) is 12.5. The van der Waals surface area contributed by atoms with E-state index in [0.29, 0.717) is 6.04 Å². The zero-order chi connectivity index (χ0) is 13.2. The number of rotatable bonds is 5. The first-order valence-corrected chi connectivity index (χ1v) is 7.76. The molecule has 2 fully saturated rings. The van der Waals surface area contributed by atoms with Crippen LogP contribution in [-0.2, 0) is 0 Å². The highest BCUT2D eigenvalue weighted by atomic mass is 15.2. The van der Waals surface area contributed by atoms with Gasteiger partial charge in [0.1, 0.15) is 0 Å². The summed E-state index contributed by atoms with van der Waals surface area (Å²) in [7, 11) is 2.24. The molecule has 3 nitrogen and oxygen atoms in total. The average Bonchev–Trinajstić information content (AvgIpc) is 2.32. The molecule has 0 spiro atoms. The third kappa shape index (κ3) is 2.73. The summed E-state index contributed by atoms with van der Waals surface area (Å²) in [6, 6.07) is 0.665. The zero-order valence-corrected chi connectivity index (χ0v) is 12.5. The maximum Gasteiger partial charge on any atom is 0.0358 e. The van der Waals surface area contributed by atoms with Crippen molar-refractivity contribution in [3.63, 3.8) is 0 Å². The third-order valence-electron chi connectivity index (χ3n) is 5.49. The Balaban J connectivity index is 2.03. The van der Waals surface area contributed by atoms with Crippen LogP contribution in [0.2, 0.25) is 0 Å². The summed E-state index contributed by atoms with van der Waals surface area (Å²) >= 11 is 0. The van der Waals surface area contributed by atoms with Crippen molar-refractivity contribution in [2.45, 2.75) is 57.5 Å². The van der Waals surface area contributed by atoms with Crippen LogP contribution in [0.5, 0.6) is 0 Å². The molecule has 2 rings (SSSR count). The monoisotopic (exact) mass is 253 g/mol. The minimum atomic E-state index is 0.274. The van der Waals surface area contributed by atoms with Gasteiger partial charge in [-0.25, -0.2) is 0 Å². The van der Waals surface area contributed by atoms with Crippen molar-refractivity contribution in [3.05, 3.63) is 0 Å². The number of hydrogen-bond donors (Lipinski definition) is 1. The fraction of sp³-hybridized carbons (Fsp3) is 1.00. The lowest BCUT2D eigenvalue weighted by Crippen LogP contribution is -2.62. The van der Waals surface area contributed by atoms with Crippen molar-refractivity contribution in [3.8, 4) is 0 Å². The van der Waals surface area contributed by atoms with E-state index in [9.17, 15) is 0 Å². The van der Waals surface area contributed by atoms with Crippen molar-refractivity contribution in [2.75, 3.05) is 33.2 Å². The van der Waals surface area contributed by atoms with Gasteiger partial charge < -0.3 is 10.6 Å². The lowest BCUT2D eigenvalue weighted by Gasteiger charge is -2.51. The van der Waals surface area contributed by atoms with E-state index in [1.807, 2.05) is 0 Å². The molecule has 106 valence electrons. The number of hydrogen-bond acceptors (Lipinski definition) is 3. The maximum atomic E-state index is 6.20. The molecule has 2 unspecified atom stereocenters. The maximum absolute atomic E-state index is 6.20. The van der Waals surface area contributed by atoms with E-state index in [4.69, 9.17) is 5.73 Å². The first-order valence-electron chi connectivity index (χ1n) is 7.76. The second kappa shape index (κ2) is 5.89. The smallest absolute Gasteiger partial charge is 0.0358 e. The van der Waals surface area contributed by atoms with Gasteiger partial charge in [-0.05, 0) is 58.7 Å². The van der Waals surface area contributed by atoms with Crippen LogP contribution in [0.4, 0.5) is 0 Å². The van der Waals surface area contributed by atoms with E-state index >= 15 is 0 Å². The molecule has 1 heterocycles. The van der Waals surface area contributed by atoms with E-state index in [1.165, 1.54) is 45.2 Å². The van der Waals surface area contributed by atoms with Crippen LogP contribution in [0.3, 0.4) is 0 Å². The van der Waals surface area contributed by atoms with Crippen LogP contribution in [0.15, 0.2) is 0 Å². The summed E-state index contributed by atoms with van der Waals surface area (Å²) < 4.78 is 0. The van der Waals surface area contributed by atoms with E-state index in [-0.39, 0.29) is 5.54 Å². The average molecular weight is 253 g/mol. The summed E-state index contributed by atoms with van der Waals surface area (Å²) in [4.78, 5) is 5.19. The molecule has 1 aliphatic heterocycles. The Kier molecular flexibility index (Phi) is 4.68. The van der Waals surface area contributed by atoms with Gasteiger partial charge in [-0.3, -0.25) is 4.90 Å². The SMILES string of the molecule is CCN(CC1CCC1)C1(CN)CCN(C)C(C)C1. The quantitative estimate of drug-likeness (QED) is 0.812. The molecule has 0 amide bonds. The summed E-state index contributed by atoms with van der Waals surface area (Å²) in [6.45, 7) is 9.11. The van der Waals surface area contributed by atoms with Crippen LogP contribution in [0, 0.1) is 5.92 Å². The molecule has 0 aromatic heterocycles. The lowest BCUT2D eigenvalue weighted by molar-refractivity contribution is -0.00309. The Labute approximate surface area is 113 Å². The molecule has 0 aromatic carbocycles. The van der Waals surface area contributed by atoms with Crippen molar-refractivity contribution in [1.82, 2.24) is 9.80 Å². The normalized spacial score (nSPS) is 34.8. The van der Waals surface area contributed by atoms with Gasteiger partial charge in [0.05, 0.1) is 0 Å². The number of likely N-dealkylation sites (N-methyl/N-ethyl adjacent to an activating group) is 1. The number of piperidine rings is 1. The summed E-state index contributed by atoms with van der Waals surface area (Å²) in [5.74, 6) is 0.948. The minimum absolute atomic E-state index is 0.274. The number of nitrogens with two attached hydrogens (primary N) is 1. The Hall–Kier alpha value is -0.120. The molecular weight excluding hydrogens is 222 g/mol. The second-order valence-corrected chi connectivity index (χ2v) is 6.55. The van der Waals surface area contributed by atoms with Gasteiger partial charge >= 0.3 is 0 Å². The van der Waals surface area contributed by atoms with Gasteiger partial charge in [0.25, 0.3) is 0 Å². The van der Waals surface area contributed by atoms with Crippen molar-refractivity contribution in [2.24, 2.45) is 11.7 Å². The highest BCUT2D eigenvalue weighted by Gasteiger charge is 2.41. The highest BCUT2D eigenvalue weighted by molar-refractivity contribution is 4.99. The van der Waals surface area contributed by atoms with Crippen molar-refractivity contribution >= 4 is 0 Å². The van der Waals surface area contributed by atoms with Gasteiger partial charge in [0, 0.05) is 24.7 Å². The van der Waals surface area contributed by atoms with Gasteiger partial charge in [0.15, 0.2) is 0 Å². The van der Waals surface area contributed by atoms with Gasteiger partial charge in [-0.15, -0.1) is 0 Å². The Morgan fingerprint density at radius 3 is 2.56 bits per heavy atom.